The Labute approximate surface area is 345 Å². The van der Waals surface area contributed by atoms with E-state index in [0.29, 0.717) is 5.82 Å². The van der Waals surface area contributed by atoms with Crippen LogP contribution in [-0.2, 0) is 0 Å². The summed E-state index contributed by atoms with van der Waals surface area (Å²) in [6.45, 7) is 0. The van der Waals surface area contributed by atoms with Crippen molar-refractivity contribution in [3.05, 3.63) is 206 Å². The fourth-order valence-electron chi connectivity index (χ4n) is 9.11. The van der Waals surface area contributed by atoms with Crippen LogP contribution >= 0.6 is 11.3 Å². The smallest absolute Gasteiger partial charge is 0.160 e. The molecular weight excluding hydrogens is 733 g/mol. The average molecular weight is 767 g/mol. The maximum Gasteiger partial charge on any atom is 0.160 e. The van der Waals surface area contributed by atoms with Crippen LogP contribution in [0, 0.1) is 0 Å². The first-order valence-electron chi connectivity index (χ1n) is 20.1. The topological polar surface area (TPSA) is 25.8 Å². The van der Waals surface area contributed by atoms with Crippen LogP contribution in [0.2, 0.25) is 0 Å². The third kappa shape index (κ3) is 5.55. The number of aromatic nitrogens is 2. The second-order valence-corrected chi connectivity index (χ2v) is 16.3. The molecule has 0 saturated carbocycles. The van der Waals surface area contributed by atoms with Gasteiger partial charge in [-0.3, -0.25) is 0 Å². The predicted molar refractivity (Wildman–Crippen MR) is 252 cm³/mol. The molecule has 0 aliphatic rings. The van der Waals surface area contributed by atoms with Crippen molar-refractivity contribution in [2.75, 3.05) is 0 Å². The molecule has 0 saturated heterocycles. The van der Waals surface area contributed by atoms with Crippen molar-refractivity contribution in [2.24, 2.45) is 0 Å². The van der Waals surface area contributed by atoms with Crippen molar-refractivity contribution < 1.29 is 0 Å². The predicted octanol–water partition coefficient (Wildman–Crippen LogP) is 15.8. The Bertz CT molecular complexity index is 3600. The minimum absolute atomic E-state index is 0.717. The lowest BCUT2D eigenvalue weighted by Crippen LogP contribution is -1.97. The van der Waals surface area contributed by atoms with Crippen molar-refractivity contribution in [3.63, 3.8) is 0 Å². The first kappa shape index (κ1) is 33.7. The second-order valence-electron chi connectivity index (χ2n) is 15.2. The molecule has 59 heavy (non-hydrogen) atoms. The van der Waals surface area contributed by atoms with E-state index < -0.39 is 0 Å². The third-order valence-corrected chi connectivity index (χ3v) is 13.1. The zero-order chi connectivity index (χ0) is 38.9. The van der Waals surface area contributed by atoms with Crippen molar-refractivity contribution in [3.8, 4) is 56.2 Å². The van der Waals surface area contributed by atoms with Crippen LogP contribution in [0.15, 0.2) is 206 Å². The van der Waals surface area contributed by atoms with Gasteiger partial charge < -0.3 is 0 Å². The van der Waals surface area contributed by atoms with Crippen LogP contribution in [0.3, 0.4) is 0 Å². The molecule has 2 aromatic heterocycles. The molecule has 0 aliphatic carbocycles. The third-order valence-electron chi connectivity index (χ3n) is 11.9. The summed E-state index contributed by atoms with van der Waals surface area (Å²) in [6.07, 6.45) is 0. The van der Waals surface area contributed by atoms with E-state index in [9.17, 15) is 0 Å². The number of fused-ring (bicyclic) bond motifs is 8. The molecule has 2 heterocycles. The molecule has 0 bridgehead atoms. The summed E-state index contributed by atoms with van der Waals surface area (Å²) >= 11 is 1.83. The lowest BCUT2D eigenvalue weighted by molar-refractivity contribution is 1.19. The Kier molecular flexibility index (Phi) is 7.75. The van der Waals surface area contributed by atoms with E-state index in [1.807, 2.05) is 17.4 Å². The first-order chi connectivity index (χ1) is 29.2. The van der Waals surface area contributed by atoms with Gasteiger partial charge in [0, 0.05) is 36.9 Å². The number of benzene rings is 10. The summed E-state index contributed by atoms with van der Waals surface area (Å²) in [4.78, 5) is 10.5. The van der Waals surface area contributed by atoms with E-state index in [1.54, 1.807) is 0 Å². The van der Waals surface area contributed by atoms with Crippen LogP contribution < -0.4 is 0 Å². The largest absolute Gasteiger partial charge is 0.228 e. The van der Waals surface area contributed by atoms with Crippen molar-refractivity contribution in [1.29, 1.82) is 0 Å². The molecule has 3 heteroatoms. The minimum atomic E-state index is 0.717. The van der Waals surface area contributed by atoms with Gasteiger partial charge in [-0.2, -0.15) is 0 Å². The van der Waals surface area contributed by atoms with Gasteiger partial charge in [0.1, 0.15) is 0 Å². The van der Waals surface area contributed by atoms with Gasteiger partial charge in [-0.15, -0.1) is 11.3 Å². The summed E-state index contributed by atoms with van der Waals surface area (Å²) in [6, 6.07) is 74.5. The van der Waals surface area contributed by atoms with Crippen LogP contribution in [0.5, 0.6) is 0 Å². The fourth-order valence-corrected chi connectivity index (χ4v) is 10.3. The van der Waals surface area contributed by atoms with Gasteiger partial charge in [0.15, 0.2) is 5.82 Å². The maximum atomic E-state index is 5.28. The van der Waals surface area contributed by atoms with Gasteiger partial charge in [0.05, 0.1) is 11.4 Å². The molecule has 0 N–H and O–H groups in total. The van der Waals surface area contributed by atoms with E-state index in [1.165, 1.54) is 80.1 Å². The van der Waals surface area contributed by atoms with Gasteiger partial charge in [0.2, 0.25) is 0 Å². The molecule has 0 aliphatic heterocycles. The van der Waals surface area contributed by atoms with E-state index in [2.05, 4.69) is 200 Å². The monoisotopic (exact) mass is 766 g/mol. The van der Waals surface area contributed by atoms with Gasteiger partial charge in [0.25, 0.3) is 0 Å². The van der Waals surface area contributed by atoms with Gasteiger partial charge in [-0.05, 0) is 83.5 Å². The highest BCUT2D eigenvalue weighted by Gasteiger charge is 2.18. The van der Waals surface area contributed by atoms with Crippen molar-refractivity contribution in [1.82, 2.24) is 9.97 Å². The van der Waals surface area contributed by atoms with E-state index in [0.717, 1.165) is 33.5 Å². The van der Waals surface area contributed by atoms with Gasteiger partial charge in [-0.1, -0.05) is 188 Å². The zero-order valence-corrected chi connectivity index (χ0v) is 32.7. The summed E-state index contributed by atoms with van der Waals surface area (Å²) in [5.41, 5.74) is 9.88. The zero-order valence-electron chi connectivity index (χ0n) is 31.9. The molecule has 0 radical (unpaired) electrons. The standard InChI is InChI=1S/C56H34N2S/c1-2-14-38(15-3-1)56-57-51(34-52(58-56)49-23-12-22-48-46-21-10-11-24-53(46)59-55(48)49)45-32-31-41(43-19-8-9-20-44(43)45)36-25-27-37(28-26-36)54-42-18-7-5-16-39(42)33-50-40-17-6-4-13-35(40)29-30-47(50)54/h1-34H. The molecule has 0 atom stereocenters. The number of rotatable bonds is 5. The summed E-state index contributed by atoms with van der Waals surface area (Å²) in [7, 11) is 0. The lowest BCUT2D eigenvalue weighted by atomic mass is 9.88. The fraction of sp³-hybridized carbons (Fsp3) is 0. The highest BCUT2D eigenvalue weighted by molar-refractivity contribution is 7.26. The van der Waals surface area contributed by atoms with Crippen LogP contribution in [0.1, 0.15) is 0 Å². The Morgan fingerprint density at radius 3 is 1.73 bits per heavy atom. The Morgan fingerprint density at radius 1 is 0.305 bits per heavy atom. The molecule has 12 rings (SSSR count). The van der Waals surface area contributed by atoms with Crippen LogP contribution in [-0.4, -0.2) is 9.97 Å². The molecule has 274 valence electrons. The molecule has 0 amide bonds. The van der Waals surface area contributed by atoms with Gasteiger partial charge in [-0.25, -0.2) is 9.97 Å². The molecule has 0 unspecified atom stereocenters. The highest BCUT2D eigenvalue weighted by Crippen LogP contribution is 2.43. The Hall–Kier alpha value is -7.46. The molecule has 10 aromatic carbocycles. The van der Waals surface area contributed by atoms with E-state index in [-0.39, 0.29) is 0 Å². The van der Waals surface area contributed by atoms with Gasteiger partial charge >= 0.3 is 0 Å². The summed E-state index contributed by atoms with van der Waals surface area (Å²) in [5, 5.41) is 12.5. The van der Waals surface area contributed by atoms with E-state index >= 15 is 0 Å². The molecule has 0 spiro atoms. The Balaban J connectivity index is 1.00. The van der Waals surface area contributed by atoms with Crippen molar-refractivity contribution in [2.45, 2.75) is 0 Å². The SMILES string of the molecule is c1ccc(-c2nc(-c3ccc(-c4ccc(-c5c6ccccc6cc6c5ccc5ccccc56)cc4)c4ccccc34)cc(-c3cccc4c3sc3ccccc34)n2)cc1. The minimum Gasteiger partial charge on any atom is -0.228 e. The number of nitrogens with zero attached hydrogens (tertiary/aromatic N) is 2. The summed E-state index contributed by atoms with van der Waals surface area (Å²) < 4.78 is 2.52. The van der Waals surface area contributed by atoms with Crippen molar-refractivity contribution >= 4 is 74.6 Å². The normalized spacial score (nSPS) is 11.7. The van der Waals surface area contributed by atoms with Crippen LogP contribution in [0.4, 0.5) is 0 Å². The molecule has 12 aromatic rings. The van der Waals surface area contributed by atoms with E-state index in [4.69, 9.17) is 9.97 Å². The second kappa shape index (κ2) is 13.6. The number of hydrogen-bond acceptors (Lipinski definition) is 3. The number of hydrogen-bond donors (Lipinski definition) is 0. The summed E-state index contributed by atoms with van der Waals surface area (Å²) in [5.74, 6) is 0.717. The highest BCUT2D eigenvalue weighted by atomic mass is 32.1. The molecule has 0 fully saturated rings. The molecular formula is C56H34N2S. The quantitative estimate of drug-likeness (QED) is 0.129. The average Bonchev–Trinajstić information content (AvgIpc) is 3.70. The van der Waals surface area contributed by atoms with Crippen LogP contribution in [0.25, 0.3) is 119 Å². The molecule has 2 nitrogen and oxygen atoms in total. The lowest BCUT2D eigenvalue weighted by Gasteiger charge is -2.16. The number of thiophene rings is 1. The Morgan fingerprint density at radius 2 is 0.915 bits per heavy atom. The first-order valence-corrected chi connectivity index (χ1v) is 20.9. The maximum absolute atomic E-state index is 5.28.